The van der Waals surface area contributed by atoms with Crippen molar-refractivity contribution in [3.05, 3.63) is 23.8 Å². The van der Waals surface area contributed by atoms with Crippen LogP contribution in [-0.2, 0) is 4.79 Å². The average Bonchev–Trinajstić information content (AvgIpc) is 3.11. The Morgan fingerprint density at radius 1 is 1.24 bits per heavy atom. The number of hydrogen-bond donors (Lipinski definition) is 1. The molecular formula is C18H28ClN3O3. The number of aryl methyl sites for hydroxylation is 1. The van der Waals surface area contributed by atoms with Gasteiger partial charge in [0.15, 0.2) is 18.1 Å². The predicted octanol–water partition coefficient (Wildman–Crippen LogP) is 1.31. The van der Waals surface area contributed by atoms with Crippen molar-refractivity contribution in [2.45, 2.75) is 19.4 Å². The minimum Gasteiger partial charge on any atom is -0.493 e. The molecule has 2 saturated heterocycles. The van der Waals surface area contributed by atoms with Crippen LogP contribution in [0.2, 0.25) is 0 Å². The van der Waals surface area contributed by atoms with Crippen LogP contribution in [0, 0.1) is 6.92 Å². The van der Waals surface area contributed by atoms with Crippen molar-refractivity contribution < 1.29 is 14.3 Å². The van der Waals surface area contributed by atoms with E-state index in [-0.39, 0.29) is 24.9 Å². The Kier molecular flexibility index (Phi) is 7.35. The fraction of sp³-hybridized carbons (Fsp3) is 0.611. The molecule has 0 spiro atoms. The summed E-state index contributed by atoms with van der Waals surface area (Å²) in [6, 6.07) is 6.22. The molecule has 0 bridgehead atoms. The molecule has 1 aromatic rings. The van der Waals surface area contributed by atoms with Crippen LogP contribution in [0.25, 0.3) is 0 Å². The number of carbonyl (C=O) groups excluding carboxylic acids is 1. The first kappa shape index (κ1) is 19.8. The standard InChI is InChI=1S/C18H27N3O3.ClH/c1-14-3-4-16(17(11-14)23-2)24-13-18(22)21-8-5-15(12-21)20-9-6-19-7-10-20;/h3-4,11,15,19H,5-10,12-13H2,1-2H3;1H. The number of nitrogens with zero attached hydrogens (tertiary/aromatic N) is 2. The van der Waals surface area contributed by atoms with E-state index in [1.165, 1.54) is 0 Å². The summed E-state index contributed by atoms with van der Waals surface area (Å²) in [5.41, 5.74) is 1.10. The van der Waals surface area contributed by atoms with Crippen LogP contribution in [-0.4, -0.2) is 74.7 Å². The molecule has 6 nitrogen and oxygen atoms in total. The molecular weight excluding hydrogens is 342 g/mol. The molecule has 1 atom stereocenters. The van der Waals surface area contributed by atoms with E-state index in [2.05, 4.69) is 10.2 Å². The number of likely N-dealkylation sites (tertiary alicyclic amines) is 1. The number of piperazine rings is 1. The molecule has 1 aromatic carbocycles. The van der Waals surface area contributed by atoms with Crippen molar-refractivity contribution in [3.63, 3.8) is 0 Å². The van der Waals surface area contributed by atoms with Gasteiger partial charge in [0.05, 0.1) is 7.11 Å². The Morgan fingerprint density at radius 3 is 2.72 bits per heavy atom. The summed E-state index contributed by atoms with van der Waals surface area (Å²) in [4.78, 5) is 16.9. The zero-order chi connectivity index (χ0) is 16.9. The van der Waals surface area contributed by atoms with Crippen molar-refractivity contribution in [1.82, 2.24) is 15.1 Å². The molecule has 2 heterocycles. The molecule has 2 fully saturated rings. The van der Waals surface area contributed by atoms with Crippen molar-refractivity contribution in [3.8, 4) is 11.5 Å². The lowest BCUT2D eigenvalue weighted by molar-refractivity contribution is -0.132. The third kappa shape index (κ3) is 5.00. The van der Waals surface area contributed by atoms with Gasteiger partial charge in [-0.05, 0) is 31.0 Å². The fourth-order valence-electron chi connectivity index (χ4n) is 3.44. The Hall–Kier alpha value is -1.50. The summed E-state index contributed by atoms with van der Waals surface area (Å²) in [5.74, 6) is 1.34. The van der Waals surface area contributed by atoms with Crippen LogP contribution in [0.1, 0.15) is 12.0 Å². The zero-order valence-corrected chi connectivity index (χ0v) is 15.8. The first-order valence-corrected chi connectivity index (χ1v) is 8.67. The number of halogens is 1. The van der Waals surface area contributed by atoms with E-state index in [4.69, 9.17) is 9.47 Å². The number of methoxy groups -OCH3 is 1. The first-order chi connectivity index (χ1) is 11.7. The van der Waals surface area contributed by atoms with E-state index in [1.807, 2.05) is 30.0 Å². The minimum atomic E-state index is 0. The van der Waals surface area contributed by atoms with Crippen molar-refractivity contribution >= 4 is 18.3 Å². The number of nitrogens with one attached hydrogen (secondary N) is 1. The number of benzene rings is 1. The van der Waals surface area contributed by atoms with Crippen molar-refractivity contribution in [1.29, 1.82) is 0 Å². The summed E-state index contributed by atoms with van der Waals surface area (Å²) in [6.45, 7) is 7.93. The van der Waals surface area contributed by atoms with E-state index in [1.54, 1.807) is 7.11 Å². The van der Waals surface area contributed by atoms with E-state index < -0.39 is 0 Å². The molecule has 0 aromatic heterocycles. The van der Waals surface area contributed by atoms with Gasteiger partial charge < -0.3 is 19.7 Å². The molecule has 2 aliphatic heterocycles. The van der Waals surface area contributed by atoms with Crippen LogP contribution in [0.3, 0.4) is 0 Å². The largest absolute Gasteiger partial charge is 0.493 e. The highest BCUT2D eigenvalue weighted by atomic mass is 35.5. The predicted molar refractivity (Wildman–Crippen MR) is 99.9 cm³/mol. The average molecular weight is 370 g/mol. The van der Waals surface area contributed by atoms with Crippen LogP contribution in [0.15, 0.2) is 18.2 Å². The van der Waals surface area contributed by atoms with Gasteiger partial charge in [0.2, 0.25) is 0 Å². The Morgan fingerprint density at radius 2 is 2.00 bits per heavy atom. The number of hydrogen-bond acceptors (Lipinski definition) is 5. The molecule has 3 rings (SSSR count). The number of amides is 1. The second kappa shape index (κ2) is 9.27. The smallest absolute Gasteiger partial charge is 0.260 e. The first-order valence-electron chi connectivity index (χ1n) is 8.67. The summed E-state index contributed by atoms with van der Waals surface area (Å²) < 4.78 is 11.0. The summed E-state index contributed by atoms with van der Waals surface area (Å²) >= 11 is 0. The van der Waals surface area contributed by atoms with Gasteiger partial charge in [-0.2, -0.15) is 0 Å². The highest BCUT2D eigenvalue weighted by Gasteiger charge is 2.31. The van der Waals surface area contributed by atoms with Crippen LogP contribution < -0.4 is 14.8 Å². The lowest BCUT2D eigenvalue weighted by Crippen LogP contribution is -2.49. The molecule has 0 aliphatic carbocycles. The quantitative estimate of drug-likeness (QED) is 0.848. The van der Waals surface area contributed by atoms with Gasteiger partial charge in [-0.1, -0.05) is 6.07 Å². The van der Waals surface area contributed by atoms with Gasteiger partial charge >= 0.3 is 0 Å². The van der Waals surface area contributed by atoms with Gasteiger partial charge in [-0.3, -0.25) is 9.69 Å². The van der Waals surface area contributed by atoms with E-state index in [0.717, 1.165) is 51.3 Å². The number of carbonyl (C=O) groups is 1. The zero-order valence-electron chi connectivity index (χ0n) is 15.0. The molecule has 140 valence electrons. The Bertz CT molecular complexity index is 579. The third-order valence-electron chi connectivity index (χ3n) is 4.85. The number of rotatable bonds is 5. The van der Waals surface area contributed by atoms with Crippen molar-refractivity contribution in [2.75, 3.05) is 53.0 Å². The molecule has 7 heteroatoms. The third-order valence-corrected chi connectivity index (χ3v) is 4.85. The van der Waals surface area contributed by atoms with Crippen LogP contribution >= 0.6 is 12.4 Å². The Balaban J connectivity index is 0.00000225. The van der Waals surface area contributed by atoms with Crippen LogP contribution in [0.5, 0.6) is 11.5 Å². The topological polar surface area (TPSA) is 54.0 Å². The second-order valence-electron chi connectivity index (χ2n) is 6.51. The molecule has 25 heavy (non-hydrogen) atoms. The maximum atomic E-state index is 12.4. The molecule has 2 aliphatic rings. The molecule has 1 unspecified atom stereocenters. The fourth-order valence-corrected chi connectivity index (χ4v) is 3.44. The Labute approximate surface area is 155 Å². The summed E-state index contributed by atoms with van der Waals surface area (Å²) in [5, 5.41) is 3.37. The van der Waals surface area contributed by atoms with Crippen LogP contribution in [0.4, 0.5) is 0 Å². The minimum absolute atomic E-state index is 0. The van der Waals surface area contributed by atoms with E-state index >= 15 is 0 Å². The second-order valence-corrected chi connectivity index (χ2v) is 6.51. The van der Waals surface area contributed by atoms with E-state index in [0.29, 0.717) is 17.5 Å². The maximum absolute atomic E-state index is 12.4. The van der Waals surface area contributed by atoms with Gasteiger partial charge in [0, 0.05) is 45.3 Å². The van der Waals surface area contributed by atoms with E-state index in [9.17, 15) is 4.79 Å². The SMILES string of the molecule is COc1cc(C)ccc1OCC(=O)N1CCC(N2CCNCC2)C1.Cl. The highest BCUT2D eigenvalue weighted by Crippen LogP contribution is 2.28. The van der Waals surface area contributed by atoms with Crippen molar-refractivity contribution in [2.24, 2.45) is 0 Å². The molecule has 1 amide bonds. The maximum Gasteiger partial charge on any atom is 0.260 e. The normalized spacial score (nSPS) is 20.9. The molecule has 0 saturated carbocycles. The van der Waals surface area contributed by atoms with Gasteiger partial charge in [-0.25, -0.2) is 0 Å². The van der Waals surface area contributed by atoms with Gasteiger partial charge in [0.25, 0.3) is 5.91 Å². The summed E-state index contributed by atoms with van der Waals surface area (Å²) in [7, 11) is 1.61. The number of ether oxygens (including phenoxy) is 2. The lowest BCUT2D eigenvalue weighted by atomic mass is 10.2. The monoisotopic (exact) mass is 369 g/mol. The highest BCUT2D eigenvalue weighted by molar-refractivity contribution is 5.85. The summed E-state index contributed by atoms with van der Waals surface area (Å²) in [6.07, 6.45) is 1.06. The molecule has 1 N–H and O–H groups in total. The molecule has 0 radical (unpaired) electrons. The van der Waals surface area contributed by atoms with Gasteiger partial charge in [-0.15, -0.1) is 12.4 Å². The van der Waals surface area contributed by atoms with Gasteiger partial charge in [0.1, 0.15) is 0 Å². The lowest BCUT2D eigenvalue weighted by Gasteiger charge is -2.32.